The fourth-order valence-electron chi connectivity index (χ4n) is 2.00. The maximum Gasteiger partial charge on any atom is 0.315 e. The van der Waals surface area contributed by atoms with Crippen molar-refractivity contribution in [3.8, 4) is 0 Å². The molecule has 1 heterocycles. The van der Waals surface area contributed by atoms with E-state index in [1.807, 2.05) is 0 Å². The Morgan fingerprint density at radius 1 is 1.79 bits per heavy atom. The van der Waals surface area contributed by atoms with Crippen molar-refractivity contribution >= 4 is 5.97 Å². The molecule has 0 atom stereocenters. The van der Waals surface area contributed by atoms with Crippen LogP contribution in [0.2, 0.25) is 0 Å². The largest absolute Gasteiger partial charge is 0.481 e. The minimum Gasteiger partial charge on any atom is -0.481 e. The van der Waals surface area contributed by atoms with Crippen molar-refractivity contribution in [3.63, 3.8) is 0 Å². The Bertz CT molecular complexity index is 366. The second-order valence-corrected chi connectivity index (χ2v) is 3.93. The average Bonchev–Trinajstić information content (AvgIpc) is 2.45. The molecule has 2 rings (SSSR count). The molecular formula is C9H13N3O2. The first kappa shape index (κ1) is 9.21. The number of carboxylic acid groups (broad SMARTS) is 1. The number of hydrogen-bond acceptors (Lipinski definition) is 3. The standard InChI is InChI=1S/C9H13N3O2/c1-12-3-2-7(11-12)9(8(13)14)4-6(10)5-9/h2-3,6H,4-5,10H2,1H3,(H,13,14). The summed E-state index contributed by atoms with van der Waals surface area (Å²) >= 11 is 0. The number of aryl methyl sites for hydroxylation is 1. The van der Waals surface area contributed by atoms with Crippen LogP contribution in [0.25, 0.3) is 0 Å². The molecule has 0 amide bonds. The van der Waals surface area contributed by atoms with E-state index in [1.54, 1.807) is 24.0 Å². The summed E-state index contributed by atoms with van der Waals surface area (Å²) in [7, 11) is 1.78. The van der Waals surface area contributed by atoms with Gasteiger partial charge in [-0.1, -0.05) is 0 Å². The summed E-state index contributed by atoms with van der Waals surface area (Å²) in [6, 6.07) is 1.74. The zero-order valence-electron chi connectivity index (χ0n) is 7.97. The third-order valence-electron chi connectivity index (χ3n) is 2.83. The Morgan fingerprint density at radius 2 is 2.43 bits per heavy atom. The third-order valence-corrected chi connectivity index (χ3v) is 2.83. The first-order valence-electron chi connectivity index (χ1n) is 4.54. The van der Waals surface area contributed by atoms with Gasteiger partial charge in [-0.05, 0) is 18.9 Å². The van der Waals surface area contributed by atoms with Gasteiger partial charge >= 0.3 is 5.97 Å². The molecule has 0 bridgehead atoms. The van der Waals surface area contributed by atoms with Crippen molar-refractivity contribution in [1.29, 1.82) is 0 Å². The van der Waals surface area contributed by atoms with Gasteiger partial charge in [-0.25, -0.2) is 0 Å². The van der Waals surface area contributed by atoms with Crippen molar-refractivity contribution in [3.05, 3.63) is 18.0 Å². The van der Waals surface area contributed by atoms with Crippen LogP contribution in [-0.4, -0.2) is 26.9 Å². The Morgan fingerprint density at radius 3 is 2.79 bits per heavy atom. The molecule has 0 aliphatic heterocycles. The van der Waals surface area contributed by atoms with Gasteiger partial charge in [0, 0.05) is 19.3 Å². The maximum absolute atomic E-state index is 11.2. The molecule has 1 fully saturated rings. The molecule has 1 aromatic rings. The van der Waals surface area contributed by atoms with Crippen LogP contribution < -0.4 is 5.73 Å². The first-order valence-corrected chi connectivity index (χ1v) is 4.54. The summed E-state index contributed by atoms with van der Waals surface area (Å²) in [5.74, 6) is -0.821. The van der Waals surface area contributed by atoms with Crippen LogP contribution in [0.5, 0.6) is 0 Å². The normalized spacial score (nSPS) is 31.1. The van der Waals surface area contributed by atoms with E-state index in [2.05, 4.69) is 5.10 Å². The van der Waals surface area contributed by atoms with Gasteiger partial charge in [-0.2, -0.15) is 5.10 Å². The first-order chi connectivity index (χ1) is 6.54. The van der Waals surface area contributed by atoms with Gasteiger partial charge < -0.3 is 10.8 Å². The fraction of sp³-hybridized carbons (Fsp3) is 0.556. The van der Waals surface area contributed by atoms with Gasteiger partial charge in [0.25, 0.3) is 0 Å². The Labute approximate surface area is 81.5 Å². The summed E-state index contributed by atoms with van der Waals surface area (Å²) in [5.41, 5.74) is 5.43. The van der Waals surface area contributed by atoms with E-state index in [0.29, 0.717) is 18.5 Å². The number of nitrogens with two attached hydrogens (primary N) is 1. The van der Waals surface area contributed by atoms with Crippen LogP contribution in [0.1, 0.15) is 18.5 Å². The molecule has 76 valence electrons. The van der Waals surface area contributed by atoms with Crippen LogP contribution in [0.3, 0.4) is 0 Å². The molecule has 1 aromatic heterocycles. The lowest BCUT2D eigenvalue weighted by Crippen LogP contribution is -2.54. The number of carbonyl (C=O) groups is 1. The summed E-state index contributed by atoms with van der Waals surface area (Å²) in [5, 5.41) is 13.3. The number of rotatable bonds is 2. The third kappa shape index (κ3) is 1.13. The second-order valence-electron chi connectivity index (χ2n) is 3.93. The van der Waals surface area contributed by atoms with Crippen LogP contribution >= 0.6 is 0 Å². The van der Waals surface area contributed by atoms with Crippen LogP contribution in [-0.2, 0) is 17.3 Å². The van der Waals surface area contributed by atoms with Gasteiger partial charge in [-0.3, -0.25) is 9.48 Å². The molecule has 1 aliphatic rings. The second kappa shape index (κ2) is 2.81. The van der Waals surface area contributed by atoms with E-state index >= 15 is 0 Å². The summed E-state index contributed by atoms with van der Waals surface area (Å²) in [6.07, 6.45) is 2.72. The van der Waals surface area contributed by atoms with Crippen molar-refractivity contribution in [2.24, 2.45) is 12.8 Å². The van der Waals surface area contributed by atoms with Gasteiger partial charge in [-0.15, -0.1) is 0 Å². The Hall–Kier alpha value is -1.36. The molecule has 0 radical (unpaired) electrons. The fourth-order valence-corrected chi connectivity index (χ4v) is 2.00. The molecule has 0 unspecified atom stereocenters. The summed E-state index contributed by atoms with van der Waals surface area (Å²) in [4.78, 5) is 11.2. The number of nitrogens with zero attached hydrogens (tertiary/aromatic N) is 2. The van der Waals surface area contributed by atoms with Crippen LogP contribution in [0.4, 0.5) is 0 Å². The molecule has 3 N–H and O–H groups in total. The van der Waals surface area contributed by atoms with E-state index in [1.165, 1.54) is 0 Å². The number of carboxylic acids is 1. The van der Waals surface area contributed by atoms with Crippen molar-refractivity contribution in [2.45, 2.75) is 24.3 Å². The topological polar surface area (TPSA) is 81.1 Å². The number of aliphatic carboxylic acids is 1. The molecule has 5 heteroatoms. The maximum atomic E-state index is 11.2. The number of hydrogen-bond donors (Lipinski definition) is 2. The number of aromatic nitrogens is 2. The molecule has 0 spiro atoms. The van der Waals surface area contributed by atoms with E-state index in [9.17, 15) is 4.79 Å². The molecule has 14 heavy (non-hydrogen) atoms. The molecule has 0 saturated heterocycles. The highest BCUT2D eigenvalue weighted by Gasteiger charge is 2.52. The quantitative estimate of drug-likeness (QED) is 0.688. The summed E-state index contributed by atoms with van der Waals surface area (Å²) in [6.45, 7) is 0. The lowest BCUT2D eigenvalue weighted by Gasteiger charge is -2.41. The minimum atomic E-state index is -0.833. The molecule has 1 aliphatic carbocycles. The van der Waals surface area contributed by atoms with Gasteiger partial charge in [0.15, 0.2) is 0 Å². The average molecular weight is 195 g/mol. The minimum absolute atomic E-state index is 0.00638. The van der Waals surface area contributed by atoms with E-state index < -0.39 is 11.4 Å². The van der Waals surface area contributed by atoms with Gasteiger partial charge in [0.2, 0.25) is 0 Å². The highest BCUT2D eigenvalue weighted by atomic mass is 16.4. The molecule has 5 nitrogen and oxygen atoms in total. The van der Waals surface area contributed by atoms with E-state index in [4.69, 9.17) is 10.8 Å². The zero-order chi connectivity index (χ0) is 10.3. The SMILES string of the molecule is Cn1ccc(C2(C(=O)O)CC(N)C2)n1. The van der Waals surface area contributed by atoms with E-state index in [-0.39, 0.29) is 6.04 Å². The van der Waals surface area contributed by atoms with Crippen LogP contribution in [0.15, 0.2) is 12.3 Å². The molecule has 0 aromatic carbocycles. The monoisotopic (exact) mass is 195 g/mol. The lowest BCUT2D eigenvalue weighted by molar-refractivity contribution is -0.148. The van der Waals surface area contributed by atoms with Gasteiger partial charge in [0.1, 0.15) is 5.41 Å². The van der Waals surface area contributed by atoms with Gasteiger partial charge in [0.05, 0.1) is 5.69 Å². The predicted molar refractivity (Wildman–Crippen MR) is 49.7 cm³/mol. The molecule has 1 saturated carbocycles. The van der Waals surface area contributed by atoms with Crippen molar-refractivity contribution < 1.29 is 9.90 Å². The lowest BCUT2D eigenvalue weighted by atomic mass is 9.64. The van der Waals surface area contributed by atoms with Crippen molar-refractivity contribution in [2.75, 3.05) is 0 Å². The van der Waals surface area contributed by atoms with Crippen molar-refractivity contribution in [1.82, 2.24) is 9.78 Å². The Kier molecular flexibility index (Phi) is 1.85. The molecular weight excluding hydrogens is 182 g/mol. The highest BCUT2D eigenvalue weighted by Crippen LogP contribution is 2.42. The van der Waals surface area contributed by atoms with Crippen LogP contribution in [0, 0.1) is 0 Å². The smallest absolute Gasteiger partial charge is 0.315 e. The Balaban J connectivity index is 2.34. The van der Waals surface area contributed by atoms with E-state index in [0.717, 1.165) is 0 Å². The summed E-state index contributed by atoms with van der Waals surface area (Å²) < 4.78 is 1.61. The predicted octanol–water partition coefficient (Wildman–Crippen LogP) is -0.136. The highest BCUT2D eigenvalue weighted by molar-refractivity contribution is 5.82. The zero-order valence-corrected chi connectivity index (χ0v) is 7.97.